The van der Waals surface area contributed by atoms with Crippen LogP contribution in [0.25, 0.3) is 0 Å². The largest absolute Gasteiger partial charge is 0.345 e. The summed E-state index contributed by atoms with van der Waals surface area (Å²) >= 11 is 0. The van der Waals surface area contributed by atoms with E-state index in [0.29, 0.717) is 0 Å². The lowest BCUT2D eigenvalue weighted by Gasteiger charge is -2.18. The van der Waals surface area contributed by atoms with Crippen LogP contribution in [-0.2, 0) is 4.79 Å². The van der Waals surface area contributed by atoms with Crippen LogP contribution in [0.5, 0.6) is 0 Å². The lowest BCUT2D eigenvalue weighted by atomic mass is 10.2. The second-order valence-corrected chi connectivity index (χ2v) is 3.27. The van der Waals surface area contributed by atoms with E-state index in [0.717, 1.165) is 24.2 Å². The molecule has 66 valence electrons. The van der Waals surface area contributed by atoms with Crippen LogP contribution < -0.4 is 0 Å². The minimum absolute atomic E-state index is 0.154. The SMILES string of the molecule is CC(=O)C(=C(C)C)N1C=CCC1. The van der Waals surface area contributed by atoms with E-state index in [1.807, 2.05) is 24.9 Å². The standard InChI is InChI=1S/C10H15NO/c1-8(2)10(9(3)12)11-6-4-5-7-11/h4,6H,5,7H2,1-3H3. The lowest BCUT2D eigenvalue weighted by molar-refractivity contribution is -0.114. The van der Waals surface area contributed by atoms with E-state index in [4.69, 9.17) is 0 Å². The highest BCUT2D eigenvalue weighted by Crippen LogP contribution is 2.16. The number of ketones is 1. The molecule has 0 aromatic heterocycles. The number of allylic oxidation sites excluding steroid dienone is 2. The zero-order valence-electron chi connectivity index (χ0n) is 7.92. The first kappa shape index (κ1) is 9.04. The van der Waals surface area contributed by atoms with Gasteiger partial charge in [-0.25, -0.2) is 0 Å². The normalized spacial score (nSPS) is 15.1. The van der Waals surface area contributed by atoms with Crippen molar-refractivity contribution >= 4 is 5.78 Å². The smallest absolute Gasteiger partial charge is 0.176 e. The van der Waals surface area contributed by atoms with Gasteiger partial charge in [0.1, 0.15) is 0 Å². The summed E-state index contributed by atoms with van der Waals surface area (Å²) in [6, 6.07) is 0. The molecular formula is C10H15NO. The van der Waals surface area contributed by atoms with Gasteiger partial charge >= 0.3 is 0 Å². The Bertz CT molecular complexity index is 247. The molecule has 0 radical (unpaired) electrons. The van der Waals surface area contributed by atoms with Crippen LogP contribution in [0, 0.1) is 0 Å². The molecule has 2 heteroatoms. The molecule has 0 spiro atoms. The summed E-state index contributed by atoms with van der Waals surface area (Å²) in [5.41, 5.74) is 1.94. The molecule has 1 rings (SSSR count). The van der Waals surface area contributed by atoms with E-state index in [1.165, 1.54) is 0 Å². The van der Waals surface area contributed by atoms with Gasteiger partial charge in [0, 0.05) is 19.7 Å². The third kappa shape index (κ3) is 1.76. The predicted molar refractivity (Wildman–Crippen MR) is 49.5 cm³/mol. The molecule has 12 heavy (non-hydrogen) atoms. The lowest BCUT2D eigenvalue weighted by Crippen LogP contribution is -2.20. The van der Waals surface area contributed by atoms with Gasteiger partial charge in [-0.05, 0) is 25.8 Å². The predicted octanol–water partition coefficient (Wildman–Crippen LogP) is 2.09. The maximum absolute atomic E-state index is 11.2. The topological polar surface area (TPSA) is 20.3 Å². The summed E-state index contributed by atoms with van der Waals surface area (Å²) in [7, 11) is 0. The van der Waals surface area contributed by atoms with Gasteiger partial charge in [-0.3, -0.25) is 4.79 Å². The van der Waals surface area contributed by atoms with Gasteiger partial charge in [0.25, 0.3) is 0 Å². The first-order valence-corrected chi connectivity index (χ1v) is 4.24. The molecule has 0 N–H and O–H groups in total. The summed E-state index contributed by atoms with van der Waals surface area (Å²) in [5.74, 6) is 0.154. The number of carbonyl (C=O) groups is 1. The van der Waals surface area contributed by atoms with Crippen LogP contribution >= 0.6 is 0 Å². The third-order valence-corrected chi connectivity index (χ3v) is 1.92. The van der Waals surface area contributed by atoms with Gasteiger partial charge < -0.3 is 4.90 Å². The zero-order chi connectivity index (χ0) is 9.14. The maximum atomic E-state index is 11.2. The first-order valence-electron chi connectivity index (χ1n) is 4.24. The van der Waals surface area contributed by atoms with Crippen LogP contribution in [-0.4, -0.2) is 17.2 Å². The van der Waals surface area contributed by atoms with Gasteiger partial charge in [-0.1, -0.05) is 6.08 Å². The number of Topliss-reactive ketones (excluding diaryl/α,β-unsaturated/α-hetero) is 1. The van der Waals surface area contributed by atoms with Crippen LogP contribution in [0.2, 0.25) is 0 Å². The molecule has 1 heterocycles. The quantitative estimate of drug-likeness (QED) is 0.584. The van der Waals surface area contributed by atoms with Crippen LogP contribution in [0.15, 0.2) is 23.5 Å². The minimum atomic E-state index is 0.154. The maximum Gasteiger partial charge on any atom is 0.176 e. The van der Waals surface area contributed by atoms with Crippen molar-refractivity contribution in [2.45, 2.75) is 27.2 Å². The summed E-state index contributed by atoms with van der Waals surface area (Å²) in [4.78, 5) is 13.3. The molecule has 1 aliphatic rings. The molecule has 0 amide bonds. The fourth-order valence-corrected chi connectivity index (χ4v) is 1.52. The Hall–Kier alpha value is -1.05. The minimum Gasteiger partial charge on any atom is -0.345 e. The van der Waals surface area contributed by atoms with Crippen molar-refractivity contribution in [2.75, 3.05) is 6.54 Å². The van der Waals surface area contributed by atoms with Crippen molar-refractivity contribution in [1.29, 1.82) is 0 Å². The van der Waals surface area contributed by atoms with Crippen molar-refractivity contribution in [3.63, 3.8) is 0 Å². The van der Waals surface area contributed by atoms with Crippen molar-refractivity contribution in [3.05, 3.63) is 23.5 Å². The van der Waals surface area contributed by atoms with Gasteiger partial charge in [0.05, 0.1) is 5.70 Å². The fraction of sp³-hybridized carbons (Fsp3) is 0.500. The Morgan fingerprint density at radius 3 is 2.33 bits per heavy atom. The Morgan fingerprint density at radius 1 is 1.33 bits per heavy atom. The first-order chi connectivity index (χ1) is 5.63. The summed E-state index contributed by atoms with van der Waals surface area (Å²) < 4.78 is 0. The molecule has 0 fully saturated rings. The molecular weight excluding hydrogens is 150 g/mol. The number of hydrogen-bond donors (Lipinski definition) is 0. The average molecular weight is 165 g/mol. The molecule has 0 saturated carbocycles. The summed E-state index contributed by atoms with van der Waals surface area (Å²) in [5, 5.41) is 0. The highest BCUT2D eigenvalue weighted by atomic mass is 16.1. The average Bonchev–Trinajstić information content (AvgIpc) is 2.37. The number of nitrogens with zero attached hydrogens (tertiary/aromatic N) is 1. The van der Waals surface area contributed by atoms with E-state index in [2.05, 4.69) is 6.08 Å². The highest BCUT2D eigenvalue weighted by Gasteiger charge is 2.14. The molecule has 2 nitrogen and oxygen atoms in total. The number of carbonyl (C=O) groups excluding carboxylic acids is 1. The Balaban J connectivity index is 2.87. The molecule has 0 atom stereocenters. The van der Waals surface area contributed by atoms with Crippen molar-refractivity contribution in [3.8, 4) is 0 Å². The summed E-state index contributed by atoms with van der Waals surface area (Å²) in [6.45, 7) is 6.51. The Morgan fingerprint density at radius 2 is 2.00 bits per heavy atom. The van der Waals surface area contributed by atoms with Crippen LogP contribution in [0.1, 0.15) is 27.2 Å². The second-order valence-electron chi connectivity index (χ2n) is 3.27. The summed E-state index contributed by atoms with van der Waals surface area (Å²) in [6.07, 6.45) is 5.12. The molecule has 0 aromatic rings. The van der Waals surface area contributed by atoms with E-state index in [-0.39, 0.29) is 5.78 Å². The fourth-order valence-electron chi connectivity index (χ4n) is 1.52. The van der Waals surface area contributed by atoms with E-state index < -0.39 is 0 Å². The van der Waals surface area contributed by atoms with E-state index in [9.17, 15) is 4.79 Å². The molecule has 0 saturated heterocycles. The molecule has 0 bridgehead atoms. The Labute approximate surface area is 73.6 Å². The number of rotatable bonds is 2. The van der Waals surface area contributed by atoms with Crippen molar-refractivity contribution in [1.82, 2.24) is 4.90 Å². The molecule has 0 unspecified atom stereocenters. The van der Waals surface area contributed by atoms with Gasteiger partial charge in [-0.2, -0.15) is 0 Å². The van der Waals surface area contributed by atoms with Gasteiger partial charge in [0.2, 0.25) is 0 Å². The molecule has 0 aliphatic carbocycles. The van der Waals surface area contributed by atoms with Gasteiger partial charge in [0.15, 0.2) is 5.78 Å². The van der Waals surface area contributed by atoms with E-state index in [1.54, 1.807) is 6.92 Å². The van der Waals surface area contributed by atoms with E-state index >= 15 is 0 Å². The third-order valence-electron chi connectivity index (χ3n) is 1.92. The molecule has 1 aliphatic heterocycles. The highest BCUT2D eigenvalue weighted by molar-refractivity contribution is 5.93. The van der Waals surface area contributed by atoms with Gasteiger partial charge in [-0.15, -0.1) is 0 Å². The van der Waals surface area contributed by atoms with Crippen LogP contribution in [0.3, 0.4) is 0 Å². The van der Waals surface area contributed by atoms with Crippen molar-refractivity contribution in [2.24, 2.45) is 0 Å². The zero-order valence-corrected chi connectivity index (χ0v) is 7.92. The van der Waals surface area contributed by atoms with Crippen molar-refractivity contribution < 1.29 is 4.79 Å². The monoisotopic (exact) mass is 165 g/mol. The Kier molecular flexibility index (Phi) is 2.69. The van der Waals surface area contributed by atoms with Crippen LogP contribution in [0.4, 0.5) is 0 Å². The molecule has 0 aromatic carbocycles. The second kappa shape index (κ2) is 3.57. The number of hydrogen-bond acceptors (Lipinski definition) is 2.